The highest BCUT2D eigenvalue weighted by atomic mass is 35.5. The van der Waals surface area contributed by atoms with Gasteiger partial charge in [0, 0.05) is 16.5 Å². The van der Waals surface area contributed by atoms with Crippen LogP contribution in [0.15, 0.2) is 54.6 Å². The molecule has 1 heterocycles. The molecular formula is C25H18ClF2NO3. The van der Waals surface area contributed by atoms with Crippen molar-refractivity contribution in [3.05, 3.63) is 87.9 Å². The van der Waals surface area contributed by atoms with Crippen molar-refractivity contribution in [3.8, 4) is 11.1 Å². The van der Waals surface area contributed by atoms with Gasteiger partial charge < -0.3 is 15.5 Å². The highest BCUT2D eigenvalue weighted by molar-refractivity contribution is 6.38. The number of carbonyl (C=O) groups excluding carboxylic acids is 1. The van der Waals surface area contributed by atoms with Crippen molar-refractivity contribution in [3.63, 3.8) is 0 Å². The number of rotatable bonds is 4. The van der Waals surface area contributed by atoms with Crippen LogP contribution in [0.1, 0.15) is 29.5 Å². The molecule has 0 unspecified atom stereocenters. The summed E-state index contributed by atoms with van der Waals surface area (Å²) >= 11 is 6.47. The number of anilines is 1. The summed E-state index contributed by atoms with van der Waals surface area (Å²) in [5.41, 5.74) is 2.45. The predicted octanol–water partition coefficient (Wildman–Crippen LogP) is 5.69. The molecule has 32 heavy (non-hydrogen) atoms. The number of fused-ring (bicyclic) bond motifs is 1. The Balaban J connectivity index is 1.61. The van der Waals surface area contributed by atoms with Gasteiger partial charge in [0.2, 0.25) is 0 Å². The van der Waals surface area contributed by atoms with Crippen molar-refractivity contribution in [1.82, 2.24) is 0 Å². The van der Waals surface area contributed by atoms with E-state index in [-0.39, 0.29) is 17.6 Å². The van der Waals surface area contributed by atoms with Gasteiger partial charge in [-0.1, -0.05) is 41.9 Å². The Morgan fingerprint density at radius 3 is 2.44 bits per heavy atom. The summed E-state index contributed by atoms with van der Waals surface area (Å²) in [6.07, 6.45) is 1.89. The number of halogens is 3. The van der Waals surface area contributed by atoms with E-state index in [2.05, 4.69) is 5.32 Å². The molecule has 1 saturated carbocycles. The van der Waals surface area contributed by atoms with Crippen molar-refractivity contribution < 1.29 is 23.8 Å². The maximum absolute atomic E-state index is 14.2. The van der Waals surface area contributed by atoms with Crippen molar-refractivity contribution in [2.75, 3.05) is 11.9 Å². The first-order valence-electron chi connectivity index (χ1n) is 10.1. The molecule has 0 atom stereocenters. The monoisotopic (exact) mass is 453 g/mol. The molecule has 3 aromatic carbocycles. The number of amides is 1. The Labute approximate surface area is 187 Å². The highest BCUT2D eigenvalue weighted by Gasteiger charge is 2.43. The molecule has 5 rings (SSSR count). The van der Waals surface area contributed by atoms with Gasteiger partial charge in [0.1, 0.15) is 5.76 Å². The van der Waals surface area contributed by atoms with E-state index in [0.29, 0.717) is 21.8 Å². The zero-order valence-corrected chi connectivity index (χ0v) is 17.5. The van der Waals surface area contributed by atoms with Gasteiger partial charge in [0.15, 0.2) is 11.6 Å². The molecule has 3 N–H and O–H groups in total. The molecule has 0 bridgehead atoms. The van der Waals surface area contributed by atoms with E-state index >= 15 is 0 Å². The first-order chi connectivity index (χ1) is 15.3. The third-order valence-corrected chi connectivity index (χ3v) is 6.57. The molecule has 7 heteroatoms. The van der Waals surface area contributed by atoms with Gasteiger partial charge in [-0.15, -0.1) is 0 Å². The average molecular weight is 454 g/mol. The second-order valence-electron chi connectivity index (χ2n) is 8.17. The minimum atomic E-state index is -1.23. The summed E-state index contributed by atoms with van der Waals surface area (Å²) in [7, 11) is 0. The van der Waals surface area contributed by atoms with Crippen molar-refractivity contribution >= 4 is 34.5 Å². The van der Waals surface area contributed by atoms with Crippen LogP contribution in [0, 0.1) is 11.6 Å². The largest absolute Gasteiger partial charge is 0.506 e. The van der Waals surface area contributed by atoms with E-state index in [4.69, 9.17) is 11.6 Å². The molecule has 2 aliphatic rings. The molecular weight excluding hydrogens is 436 g/mol. The van der Waals surface area contributed by atoms with E-state index in [1.165, 1.54) is 12.1 Å². The van der Waals surface area contributed by atoms with Crippen molar-refractivity contribution in [2.24, 2.45) is 0 Å². The minimum Gasteiger partial charge on any atom is -0.506 e. The van der Waals surface area contributed by atoms with Crippen LogP contribution in [0.5, 0.6) is 0 Å². The third-order valence-electron chi connectivity index (χ3n) is 6.26. The molecule has 162 valence electrons. The van der Waals surface area contributed by atoms with Gasteiger partial charge in [0.05, 0.1) is 28.5 Å². The lowest BCUT2D eigenvalue weighted by molar-refractivity contribution is -0.110. The Kier molecular flexibility index (Phi) is 4.80. The van der Waals surface area contributed by atoms with Gasteiger partial charge in [0.25, 0.3) is 5.91 Å². The van der Waals surface area contributed by atoms with Crippen LogP contribution in [0.4, 0.5) is 14.5 Å². The average Bonchev–Trinajstić information content (AvgIpc) is 3.52. The maximum atomic E-state index is 14.2. The van der Waals surface area contributed by atoms with Gasteiger partial charge in [-0.25, -0.2) is 8.78 Å². The molecule has 4 nitrogen and oxygen atoms in total. The maximum Gasteiger partial charge on any atom is 0.260 e. The fourth-order valence-corrected chi connectivity index (χ4v) is 4.43. The summed E-state index contributed by atoms with van der Waals surface area (Å²) in [5.74, 6) is -3.65. The molecule has 1 aliphatic heterocycles. The molecule has 0 aromatic heterocycles. The van der Waals surface area contributed by atoms with Crippen molar-refractivity contribution in [2.45, 2.75) is 18.3 Å². The van der Waals surface area contributed by atoms with Crippen LogP contribution in [0.25, 0.3) is 22.5 Å². The first-order valence-corrected chi connectivity index (χ1v) is 10.5. The number of benzene rings is 3. The fraction of sp³-hybridized carbons (Fsp3) is 0.160. The Morgan fingerprint density at radius 2 is 1.78 bits per heavy atom. The molecule has 0 saturated heterocycles. The molecule has 1 fully saturated rings. The zero-order chi connectivity index (χ0) is 22.6. The summed E-state index contributed by atoms with van der Waals surface area (Å²) < 4.78 is 27.9. The topological polar surface area (TPSA) is 69.6 Å². The Morgan fingerprint density at radius 1 is 1.06 bits per heavy atom. The zero-order valence-electron chi connectivity index (χ0n) is 16.8. The van der Waals surface area contributed by atoms with Gasteiger partial charge in [-0.3, -0.25) is 4.79 Å². The van der Waals surface area contributed by atoms with E-state index in [1.54, 1.807) is 12.1 Å². The molecule has 1 aliphatic carbocycles. The Bertz CT molecular complexity index is 1300. The van der Waals surface area contributed by atoms with Crippen LogP contribution in [0.3, 0.4) is 0 Å². The van der Waals surface area contributed by atoms with E-state index < -0.39 is 28.9 Å². The summed E-state index contributed by atoms with van der Waals surface area (Å²) in [5, 5.41) is 23.3. The van der Waals surface area contributed by atoms with Crippen LogP contribution in [0.2, 0.25) is 5.02 Å². The van der Waals surface area contributed by atoms with E-state index in [0.717, 1.165) is 30.0 Å². The lowest BCUT2D eigenvalue weighted by Crippen LogP contribution is -2.11. The lowest BCUT2D eigenvalue weighted by atomic mass is 9.93. The fourth-order valence-electron chi connectivity index (χ4n) is 4.16. The predicted molar refractivity (Wildman–Crippen MR) is 119 cm³/mol. The van der Waals surface area contributed by atoms with Crippen LogP contribution in [-0.4, -0.2) is 22.7 Å². The second-order valence-corrected chi connectivity index (χ2v) is 8.58. The Hall–Kier alpha value is -3.22. The molecule has 1 amide bonds. The SMILES string of the molecule is O=C1Nc2cc(Cl)c(-c3ccc(C4(CO)CC4)cc3)cc2/C1=C(/O)c1cccc(F)c1F. The molecule has 0 radical (unpaired) electrons. The summed E-state index contributed by atoms with van der Waals surface area (Å²) in [6, 6.07) is 14.3. The quantitative estimate of drug-likeness (QED) is 0.351. The number of hydrogen-bond donors (Lipinski definition) is 3. The first kappa shape index (κ1) is 20.7. The standard InChI is InChI=1S/C25H18ClF2NO3/c26-18-11-20-17(10-16(18)13-4-6-14(7-5-13)25(12-30)8-9-25)21(24(32)29-20)23(31)15-2-1-3-19(27)22(15)28/h1-7,10-11,30-31H,8-9,12H2,(H,29,32)/b23-21-. The second kappa shape index (κ2) is 7.43. The number of aliphatic hydroxyl groups is 2. The summed E-state index contributed by atoms with van der Waals surface area (Å²) in [4.78, 5) is 12.6. The van der Waals surface area contributed by atoms with Crippen molar-refractivity contribution in [1.29, 1.82) is 0 Å². The third kappa shape index (κ3) is 3.18. The molecule has 0 spiro atoms. The number of hydrogen-bond acceptors (Lipinski definition) is 3. The smallest absolute Gasteiger partial charge is 0.260 e. The van der Waals surface area contributed by atoms with Crippen LogP contribution >= 0.6 is 11.6 Å². The van der Waals surface area contributed by atoms with E-state index in [9.17, 15) is 23.8 Å². The van der Waals surface area contributed by atoms with Gasteiger partial charge in [-0.2, -0.15) is 0 Å². The summed E-state index contributed by atoms with van der Waals surface area (Å²) in [6.45, 7) is 0.101. The normalized spacial score (nSPS) is 17.7. The van der Waals surface area contributed by atoms with E-state index in [1.807, 2.05) is 24.3 Å². The van der Waals surface area contributed by atoms with Gasteiger partial charge in [-0.05, 0) is 48.2 Å². The van der Waals surface area contributed by atoms with Crippen LogP contribution < -0.4 is 5.32 Å². The number of aliphatic hydroxyl groups excluding tert-OH is 2. The lowest BCUT2D eigenvalue weighted by Gasteiger charge is -2.14. The number of carbonyl (C=O) groups is 1. The highest BCUT2D eigenvalue weighted by Crippen LogP contribution is 2.48. The molecule has 3 aromatic rings. The number of nitrogens with one attached hydrogen (secondary N) is 1. The minimum absolute atomic E-state index is 0.101. The van der Waals surface area contributed by atoms with Gasteiger partial charge >= 0.3 is 0 Å². The van der Waals surface area contributed by atoms with Crippen LogP contribution in [-0.2, 0) is 10.2 Å².